The van der Waals surface area contributed by atoms with Crippen LogP contribution < -0.4 is 15.0 Å². The Labute approximate surface area is 196 Å². The van der Waals surface area contributed by atoms with Crippen LogP contribution in [0.2, 0.25) is 0 Å². The minimum Gasteiger partial charge on any atom is -0.480 e. The first-order valence-electron chi connectivity index (χ1n) is 11.1. The molecule has 0 bridgehead atoms. The van der Waals surface area contributed by atoms with E-state index in [4.69, 9.17) is 14.7 Å². The summed E-state index contributed by atoms with van der Waals surface area (Å²) in [6, 6.07) is 12.3. The van der Waals surface area contributed by atoms with E-state index in [0.29, 0.717) is 28.6 Å². The summed E-state index contributed by atoms with van der Waals surface area (Å²) < 4.78 is 22.2. The number of nitrogens with one attached hydrogen (secondary N) is 1. The SMILES string of the molecule is COc1nc(N2CCCNCC2)nc(-c2ccc(C#N)c(F)c2)c1-c1ccc2nn(C)cc2c1. The number of aryl methyl sites for hydroxylation is 1. The minimum absolute atomic E-state index is 0.0121. The smallest absolute Gasteiger partial charge is 0.229 e. The summed E-state index contributed by atoms with van der Waals surface area (Å²) in [6.45, 7) is 3.32. The molecule has 5 rings (SSSR count). The molecule has 1 aliphatic heterocycles. The van der Waals surface area contributed by atoms with Crippen molar-refractivity contribution in [1.82, 2.24) is 25.1 Å². The van der Waals surface area contributed by atoms with Crippen LogP contribution in [-0.4, -0.2) is 53.0 Å². The van der Waals surface area contributed by atoms with Crippen molar-refractivity contribution in [3.05, 3.63) is 54.0 Å². The van der Waals surface area contributed by atoms with Gasteiger partial charge in [0.1, 0.15) is 11.9 Å². The number of nitriles is 1. The van der Waals surface area contributed by atoms with E-state index >= 15 is 0 Å². The van der Waals surface area contributed by atoms with Crippen LogP contribution >= 0.6 is 0 Å². The summed E-state index contributed by atoms with van der Waals surface area (Å²) >= 11 is 0. The van der Waals surface area contributed by atoms with Crippen LogP contribution in [0.5, 0.6) is 5.88 Å². The summed E-state index contributed by atoms with van der Waals surface area (Å²) in [5.41, 5.74) is 3.45. The first kappa shape index (κ1) is 21.8. The van der Waals surface area contributed by atoms with Gasteiger partial charge in [-0.15, -0.1) is 0 Å². The molecule has 1 saturated heterocycles. The van der Waals surface area contributed by atoms with Gasteiger partial charge in [-0.2, -0.15) is 15.3 Å². The van der Waals surface area contributed by atoms with Gasteiger partial charge in [0, 0.05) is 43.8 Å². The predicted octanol–water partition coefficient (Wildman–Crippen LogP) is 3.52. The lowest BCUT2D eigenvalue weighted by Crippen LogP contribution is -2.29. The van der Waals surface area contributed by atoms with Crippen molar-refractivity contribution in [3.8, 4) is 34.3 Å². The predicted molar refractivity (Wildman–Crippen MR) is 128 cm³/mol. The highest BCUT2D eigenvalue weighted by Crippen LogP contribution is 2.39. The third kappa shape index (κ3) is 4.04. The van der Waals surface area contributed by atoms with Crippen LogP contribution in [0.3, 0.4) is 0 Å². The fourth-order valence-electron chi connectivity index (χ4n) is 4.29. The highest BCUT2D eigenvalue weighted by Gasteiger charge is 2.23. The Bertz CT molecular complexity index is 1400. The first-order chi connectivity index (χ1) is 16.6. The number of anilines is 1. The average molecular weight is 458 g/mol. The zero-order valence-electron chi connectivity index (χ0n) is 19.0. The number of fused-ring (bicyclic) bond motifs is 1. The summed E-state index contributed by atoms with van der Waals surface area (Å²) in [4.78, 5) is 11.8. The highest BCUT2D eigenvalue weighted by atomic mass is 19.1. The molecule has 0 aliphatic carbocycles. The molecule has 0 radical (unpaired) electrons. The summed E-state index contributed by atoms with van der Waals surface area (Å²) in [5, 5.41) is 18.0. The zero-order chi connectivity index (χ0) is 23.7. The Morgan fingerprint density at radius 1 is 1.09 bits per heavy atom. The molecule has 0 atom stereocenters. The fraction of sp³-hybridized carbons (Fsp3) is 0.280. The Balaban J connectivity index is 1.74. The third-order valence-electron chi connectivity index (χ3n) is 5.95. The molecular formula is C25H24FN7O. The van der Waals surface area contributed by atoms with E-state index in [1.165, 1.54) is 12.1 Å². The van der Waals surface area contributed by atoms with E-state index in [1.807, 2.05) is 37.5 Å². The van der Waals surface area contributed by atoms with Gasteiger partial charge < -0.3 is 15.0 Å². The number of rotatable bonds is 4. The molecule has 4 aromatic rings. The molecule has 2 aromatic carbocycles. The second-order valence-electron chi connectivity index (χ2n) is 8.23. The molecule has 1 fully saturated rings. The maximum absolute atomic E-state index is 14.6. The molecule has 0 amide bonds. The Morgan fingerprint density at radius 2 is 1.94 bits per heavy atom. The summed E-state index contributed by atoms with van der Waals surface area (Å²) in [5.74, 6) is 0.350. The van der Waals surface area contributed by atoms with Crippen molar-refractivity contribution in [2.45, 2.75) is 6.42 Å². The monoisotopic (exact) mass is 457 g/mol. The maximum Gasteiger partial charge on any atom is 0.229 e. The maximum atomic E-state index is 14.6. The molecule has 172 valence electrons. The molecule has 9 heteroatoms. The molecular weight excluding hydrogens is 433 g/mol. The van der Waals surface area contributed by atoms with Crippen molar-refractivity contribution in [2.75, 3.05) is 38.2 Å². The van der Waals surface area contributed by atoms with Crippen molar-refractivity contribution in [1.29, 1.82) is 5.26 Å². The van der Waals surface area contributed by atoms with Crippen molar-refractivity contribution < 1.29 is 9.13 Å². The Hall–Kier alpha value is -4.03. The molecule has 8 nitrogen and oxygen atoms in total. The molecule has 1 N–H and O–H groups in total. The zero-order valence-corrected chi connectivity index (χ0v) is 19.0. The quantitative estimate of drug-likeness (QED) is 0.501. The lowest BCUT2D eigenvalue weighted by atomic mass is 9.98. The third-order valence-corrected chi connectivity index (χ3v) is 5.95. The van der Waals surface area contributed by atoms with Crippen LogP contribution in [-0.2, 0) is 7.05 Å². The second kappa shape index (κ2) is 9.08. The van der Waals surface area contributed by atoms with Gasteiger partial charge in [-0.3, -0.25) is 4.68 Å². The number of methoxy groups -OCH3 is 1. The Morgan fingerprint density at radius 3 is 2.74 bits per heavy atom. The number of ether oxygens (including phenoxy) is 1. The van der Waals surface area contributed by atoms with E-state index in [-0.39, 0.29) is 5.56 Å². The minimum atomic E-state index is -0.591. The molecule has 34 heavy (non-hydrogen) atoms. The number of hydrogen-bond donors (Lipinski definition) is 1. The van der Waals surface area contributed by atoms with Gasteiger partial charge >= 0.3 is 0 Å². The lowest BCUT2D eigenvalue weighted by molar-refractivity contribution is 0.399. The number of halogens is 1. The molecule has 0 spiro atoms. The first-order valence-corrected chi connectivity index (χ1v) is 11.1. The lowest BCUT2D eigenvalue weighted by Gasteiger charge is -2.23. The van der Waals surface area contributed by atoms with Gasteiger partial charge in [0.2, 0.25) is 11.8 Å². The van der Waals surface area contributed by atoms with Gasteiger partial charge in [0.15, 0.2) is 0 Å². The highest BCUT2D eigenvalue weighted by molar-refractivity contribution is 5.90. The van der Waals surface area contributed by atoms with Crippen LogP contribution in [0.25, 0.3) is 33.3 Å². The van der Waals surface area contributed by atoms with Crippen LogP contribution in [0, 0.1) is 17.1 Å². The van der Waals surface area contributed by atoms with Crippen molar-refractivity contribution >= 4 is 16.9 Å². The van der Waals surface area contributed by atoms with E-state index in [9.17, 15) is 9.65 Å². The molecule has 3 heterocycles. The van der Waals surface area contributed by atoms with Crippen LogP contribution in [0.15, 0.2) is 42.6 Å². The molecule has 0 unspecified atom stereocenters. The van der Waals surface area contributed by atoms with E-state index < -0.39 is 5.82 Å². The van der Waals surface area contributed by atoms with Gasteiger partial charge in [-0.05, 0) is 42.8 Å². The molecule has 2 aromatic heterocycles. The van der Waals surface area contributed by atoms with Crippen molar-refractivity contribution in [3.63, 3.8) is 0 Å². The average Bonchev–Trinajstić information content (AvgIpc) is 3.03. The van der Waals surface area contributed by atoms with E-state index in [0.717, 1.165) is 49.1 Å². The van der Waals surface area contributed by atoms with Crippen LogP contribution in [0.1, 0.15) is 12.0 Å². The number of hydrogen-bond acceptors (Lipinski definition) is 7. The number of aromatic nitrogens is 4. The van der Waals surface area contributed by atoms with Crippen molar-refractivity contribution in [2.24, 2.45) is 7.05 Å². The van der Waals surface area contributed by atoms with Crippen LogP contribution in [0.4, 0.5) is 10.3 Å². The molecule has 0 saturated carbocycles. The normalized spacial score (nSPS) is 14.1. The fourth-order valence-corrected chi connectivity index (χ4v) is 4.29. The summed E-state index contributed by atoms with van der Waals surface area (Å²) in [7, 11) is 3.45. The Kier molecular flexibility index (Phi) is 5.82. The topological polar surface area (TPSA) is 91.9 Å². The van der Waals surface area contributed by atoms with Gasteiger partial charge in [-0.1, -0.05) is 12.1 Å². The molecule has 1 aliphatic rings. The largest absolute Gasteiger partial charge is 0.480 e. The second-order valence-corrected chi connectivity index (χ2v) is 8.23. The van der Waals surface area contributed by atoms with E-state index in [1.54, 1.807) is 17.9 Å². The van der Waals surface area contributed by atoms with Gasteiger partial charge in [-0.25, -0.2) is 9.37 Å². The van der Waals surface area contributed by atoms with Gasteiger partial charge in [0.25, 0.3) is 0 Å². The number of nitrogens with zero attached hydrogens (tertiary/aromatic N) is 6. The van der Waals surface area contributed by atoms with Gasteiger partial charge in [0.05, 0.1) is 29.4 Å². The van der Waals surface area contributed by atoms with E-state index in [2.05, 4.69) is 15.3 Å². The standard InChI is InChI=1S/C25H24FN7O/c1-32-15-19-12-16(6-7-21(19)31-32)22-23(17-4-5-18(14-27)20(26)13-17)29-25(30-24(22)34-2)33-10-3-8-28-9-11-33/h4-7,12-13,15,28H,3,8-11H2,1-2H3. The summed E-state index contributed by atoms with van der Waals surface area (Å²) in [6.07, 6.45) is 2.90. The number of benzene rings is 2.